The summed E-state index contributed by atoms with van der Waals surface area (Å²) in [5.41, 5.74) is 3.07. The van der Waals surface area contributed by atoms with Gasteiger partial charge in [-0.3, -0.25) is 4.79 Å². The van der Waals surface area contributed by atoms with Crippen LogP contribution in [0.3, 0.4) is 0 Å². The summed E-state index contributed by atoms with van der Waals surface area (Å²) in [7, 11) is 0. The van der Waals surface area contributed by atoms with Crippen molar-refractivity contribution in [2.75, 3.05) is 6.61 Å². The zero-order valence-corrected chi connectivity index (χ0v) is 12.8. The van der Waals surface area contributed by atoms with Crippen LogP contribution in [0.4, 0.5) is 0 Å². The van der Waals surface area contributed by atoms with Gasteiger partial charge >= 0.3 is 0 Å². The topological polar surface area (TPSA) is 49.3 Å². The van der Waals surface area contributed by atoms with Crippen LogP contribution < -0.4 is 5.32 Å². The molecule has 114 valence electrons. The maximum atomic E-state index is 12.1. The number of nitrogens with one attached hydrogen (secondary N) is 1. The Morgan fingerprint density at radius 2 is 1.77 bits per heavy atom. The van der Waals surface area contributed by atoms with Crippen LogP contribution in [-0.4, -0.2) is 17.6 Å². The number of rotatable bonds is 5. The maximum absolute atomic E-state index is 12.1. The molecule has 1 amide bonds. The molecule has 2 aromatic carbocycles. The van der Waals surface area contributed by atoms with E-state index in [1.54, 1.807) is 0 Å². The van der Waals surface area contributed by atoms with Gasteiger partial charge in [0.05, 0.1) is 5.41 Å². The number of aliphatic hydroxyl groups excluding tert-OH is 1. The molecule has 3 rings (SSSR count). The SMILES string of the molecule is C[C@]1(C(=O)NCc2ccc(-c3ccccc3)cc2)C[C@H]1CO. The number of benzene rings is 2. The molecule has 0 aliphatic heterocycles. The molecule has 1 aliphatic carbocycles. The summed E-state index contributed by atoms with van der Waals surface area (Å²) < 4.78 is 0. The second kappa shape index (κ2) is 5.93. The molecule has 3 heteroatoms. The van der Waals surface area contributed by atoms with Crippen LogP contribution >= 0.6 is 0 Å². The van der Waals surface area contributed by atoms with Gasteiger partial charge in [-0.05, 0) is 29.0 Å². The van der Waals surface area contributed by atoms with Crippen LogP contribution in [0.5, 0.6) is 0 Å². The number of amides is 1. The average Bonchev–Trinajstić information content (AvgIpc) is 3.26. The quantitative estimate of drug-likeness (QED) is 0.891. The number of carbonyl (C=O) groups excluding carboxylic acids is 1. The molecule has 3 nitrogen and oxygen atoms in total. The van der Waals surface area contributed by atoms with Crippen molar-refractivity contribution in [2.45, 2.75) is 19.9 Å². The molecule has 22 heavy (non-hydrogen) atoms. The Kier molecular flexibility index (Phi) is 3.99. The summed E-state index contributed by atoms with van der Waals surface area (Å²) in [5, 5.41) is 12.1. The molecular formula is C19H21NO2. The minimum absolute atomic E-state index is 0.0404. The Labute approximate surface area is 131 Å². The van der Waals surface area contributed by atoms with E-state index in [1.165, 1.54) is 11.1 Å². The van der Waals surface area contributed by atoms with Crippen molar-refractivity contribution in [3.05, 3.63) is 60.2 Å². The minimum Gasteiger partial charge on any atom is -0.396 e. The van der Waals surface area contributed by atoms with Crippen molar-refractivity contribution < 1.29 is 9.90 Å². The van der Waals surface area contributed by atoms with Gasteiger partial charge in [-0.2, -0.15) is 0 Å². The molecular weight excluding hydrogens is 274 g/mol. The van der Waals surface area contributed by atoms with Gasteiger partial charge in [-0.15, -0.1) is 0 Å². The van der Waals surface area contributed by atoms with Crippen molar-refractivity contribution in [1.29, 1.82) is 0 Å². The third-order valence-corrected chi connectivity index (χ3v) is 4.66. The summed E-state index contributed by atoms with van der Waals surface area (Å²) in [4.78, 5) is 12.1. The van der Waals surface area contributed by atoms with Gasteiger partial charge < -0.3 is 10.4 Å². The van der Waals surface area contributed by atoms with Crippen molar-refractivity contribution in [2.24, 2.45) is 11.3 Å². The zero-order chi connectivity index (χ0) is 15.6. The molecule has 1 saturated carbocycles. The largest absolute Gasteiger partial charge is 0.396 e. The van der Waals surface area contributed by atoms with E-state index in [2.05, 4.69) is 29.6 Å². The highest BCUT2D eigenvalue weighted by atomic mass is 16.3. The minimum atomic E-state index is -0.376. The Morgan fingerprint density at radius 1 is 1.14 bits per heavy atom. The second-order valence-electron chi connectivity index (χ2n) is 6.25. The van der Waals surface area contributed by atoms with Crippen LogP contribution in [0.2, 0.25) is 0 Å². The molecule has 0 spiro atoms. The van der Waals surface area contributed by atoms with Gasteiger partial charge in [0.25, 0.3) is 0 Å². The maximum Gasteiger partial charge on any atom is 0.226 e. The van der Waals surface area contributed by atoms with E-state index in [1.807, 2.05) is 37.3 Å². The molecule has 1 fully saturated rings. The first-order chi connectivity index (χ1) is 10.6. The van der Waals surface area contributed by atoms with E-state index < -0.39 is 0 Å². The van der Waals surface area contributed by atoms with Gasteiger partial charge in [0.1, 0.15) is 0 Å². The highest BCUT2D eigenvalue weighted by molar-refractivity contribution is 5.85. The first-order valence-electron chi connectivity index (χ1n) is 7.67. The van der Waals surface area contributed by atoms with E-state index in [0.29, 0.717) is 6.54 Å². The van der Waals surface area contributed by atoms with Gasteiger partial charge in [0.15, 0.2) is 0 Å². The Hall–Kier alpha value is -2.13. The van der Waals surface area contributed by atoms with Gasteiger partial charge in [0, 0.05) is 13.2 Å². The van der Waals surface area contributed by atoms with Crippen molar-refractivity contribution in [1.82, 2.24) is 5.32 Å². The second-order valence-corrected chi connectivity index (χ2v) is 6.25. The number of hydrogen-bond donors (Lipinski definition) is 2. The van der Waals surface area contributed by atoms with E-state index >= 15 is 0 Å². The standard InChI is InChI=1S/C19H21NO2/c1-19(11-17(19)13-21)18(22)20-12-14-7-9-16(10-8-14)15-5-3-2-4-6-15/h2-10,17,21H,11-13H2,1H3,(H,20,22)/t17-,19-/m0/s1. The molecule has 2 aromatic rings. The monoisotopic (exact) mass is 295 g/mol. The lowest BCUT2D eigenvalue weighted by Crippen LogP contribution is -2.31. The number of aliphatic hydroxyl groups is 1. The van der Waals surface area contributed by atoms with Crippen LogP contribution in [0.25, 0.3) is 11.1 Å². The van der Waals surface area contributed by atoms with Crippen LogP contribution in [0.15, 0.2) is 54.6 Å². The molecule has 0 aromatic heterocycles. The van der Waals surface area contributed by atoms with E-state index in [0.717, 1.165) is 12.0 Å². The fraction of sp³-hybridized carbons (Fsp3) is 0.316. The van der Waals surface area contributed by atoms with Crippen molar-refractivity contribution >= 4 is 5.91 Å². The predicted octanol–water partition coefficient (Wildman–Crippen LogP) is 2.99. The molecule has 0 bridgehead atoms. The first kappa shape index (κ1) is 14.8. The first-order valence-corrected chi connectivity index (χ1v) is 7.67. The summed E-state index contributed by atoms with van der Waals surface area (Å²) in [6, 6.07) is 18.5. The summed E-state index contributed by atoms with van der Waals surface area (Å²) >= 11 is 0. The van der Waals surface area contributed by atoms with Crippen LogP contribution in [-0.2, 0) is 11.3 Å². The molecule has 0 heterocycles. The third-order valence-electron chi connectivity index (χ3n) is 4.66. The molecule has 2 atom stereocenters. The fourth-order valence-corrected chi connectivity index (χ4v) is 2.83. The number of carbonyl (C=O) groups is 1. The molecule has 0 saturated heterocycles. The van der Waals surface area contributed by atoms with Crippen molar-refractivity contribution in [3.8, 4) is 11.1 Å². The number of hydrogen-bond acceptors (Lipinski definition) is 2. The Balaban J connectivity index is 1.59. The molecule has 2 N–H and O–H groups in total. The van der Waals surface area contributed by atoms with Crippen molar-refractivity contribution in [3.63, 3.8) is 0 Å². The lowest BCUT2D eigenvalue weighted by Gasteiger charge is -2.12. The molecule has 0 radical (unpaired) electrons. The predicted molar refractivity (Wildman–Crippen MR) is 87.0 cm³/mol. The van der Waals surface area contributed by atoms with Crippen LogP contribution in [0, 0.1) is 11.3 Å². The highest BCUT2D eigenvalue weighted by Crippen LogP contribution is 2.51. The van der Waals surface area contributed by atoms with Gasteiger partial charge in [-0.25, -0.2) is 0 Å². The van der Waals surface area contributed by atoms with E-state index in [4.69, 9.17) is 5.11 Å². The fourth-order valence-electron chi connectivity index (χ4n) is 2.83. The summed E-state index contributed by atoms with van der Waals surface area (Å²) in [5.74, 6) is 0.159. The smallest absolute Gasteiger partial charge is 0.226 e. The highest BCUT2D eigenvalue weighted by Gasteiger charge is 2.55. The third kappa shape index (κ3) is 2.90. The molecule has 1 aliphatic rings. The Morgan fingerprint density at radius 3 is 2.36 bits per heavy atom. The van der Waals surface area contributed by atoms with E-state index in [9.17, 15) is 4.79 Å². The zero-order valence-electron chi connectivity index (χ0n) is 12.8. The van der Waals surface area contributed by atoms with Gasteiger partial charge in [0.2, 0.25) is 5.91 Å². The normalized spacial score (nSPS) is 23.1. The van der Waals surface area contributed by atoms with Crippen LogP contribution in [0.1, 0.15) is 18.9 Å². The average molecular weight is 295 g/mol. The van der Waals surface area contributed by atoms with Gasteiger partial charge in [-0.1, -0.05) is 61.5 Å². The summed E-state index contributed by atoms with van der Waals surface area (Å²) in [6.45, 7) is 2.54. The lowest BCUT2D eigenvalue weighted by atomic mass is 10.0. The summed E-state index contributed by atoms with van der Waals surface area (Å²) in [6.07, 6.45) is 0.780. The Bertz CT molecular complexity index is 651. The molecule has 0 unspecified atom stereocenters. The van der Waals surface area contributed by atoms with E-state index in [-0.39, 0.29) is 23.8 Å². The lowest BCUT2D eigenvalue weighted by molar-refractivity contribution is -0.126.